The molecule has 0 bridgehead atoms. The van der Waals surface area contributed by atoms with Crippen molar-refractivity contribution >= 4 is 15.9 Å². The Morgan fingerprint density at radius 3 is 2.39 bits per heavy atom. The zero-order valence-electron chi connectivity index (χ0n) is 11.3. The normalized spacial score (nSPS) is 12.1. The molecule has 0 spiro atoms. The van der Waals surface area contributed by atoms with Crippen LogP contribution in [-0.4, -0.2) is 7.11 Å². The molecule has 0 aliphatic rings. The number of methoxy groups -OCH3 is 1. The van der Waals surface area contributed by atoms with Crippen LogP contribution in [0.5, 0.6) is 5.75 Å². The van der Waals surface area contributed by atoms with E-state index in [1.165, 1.54) is 5.56 Å². The van der Waals surface area contributed by atoms with Gasteiger partial charge >= 0.3 is 0 Å². The molecule has 18 heavy (non-hydrogen) atoms. The van der Waals surface area contributed by atoms with E-state index >= 15 is 0 Å². The van der Waals surface area contributed by atoms with E-state index in [0.29, 0.717) is 12.8 Å². The van der Waals surface area contributed by atoms with Crippen molar-refractivity contribution in [3.8, 4) is 11.8 Å². The molecular formula is C14H19BrN2O. The Balaban J connectivity index is 3.38. The van der Waals surface area contributed by atoms with Gasteiger partial charge in [0.2, 0.25) is 0 Å². The second kappa shape index (κ2) is 6.21. The number of nitrogens with two attached hydrogens (primary N) is 1. The average Bonchev–Trinajstić information content (AvgIpc) is 2.37. The number of hydrogen-bond donors (Lipinski definition) is 1. The lowest BCUT2D eigenvalue weighted by Gasteiger charge is -2.22. The molecule has 0 aliphatic carbocycles. The molecule has 0 heterocycles. The molecule has 0 aliphatic heterocycles. The molecular weight excluding hydrogens is 292 g/mol. The van der Waals surface area contributed by atoms with E-state index < -0.39 is 0 Å². The highest BCUT2D eigenvalue weighted by Crippen LogP contribution is 2.39. The predicted octanol–water partition coefficient (Wildman–Crippen LogP) is 3.69. The van der Waals surface area contributed by atoms with Crippen LogP contribution in [0.1, 0.15) is 41.1 Å². The van der Waals surface area contributed by atoms with E-state index in [4.69, 9.17) is 15.7 Å². The molecule has 0 fully saturated rings. The van der Waals surface area contributed by atoms with E-state index in [1.807, 2.05) is 13.8 Å². The van der Waals surface area contributed by atoms with Crippen molar-refractivity contribution in [2.45, 2.75) is 39.7 Å². The fourth-order valence-corrected chi connectivity index (χ4v) is 2.69. The van der Waals surface area contributed by atoms with Gasteiger partial charge in [-0.1, -0.05) is 15.9 Å². The second-order valence-electron chi connectivity index (χ2n) is 4.44. The predicted molar refractivity (Wildman–Crippen MR) is 76.7 cm³/mol. The van der Waals surface area contributed by atoms with Gasteiger partial charge < -0.3 is 10.5 Å². The van der Waals surface area contributed by atoms with Gasteiger partial charge in [0.1, 0.15) is 5.75 Å². The molecule has 1 aromatic carbocycles. The van der Waals surface area contributed by atoms with Gasteiger partial charge in [0.15, 0.2) is 0 Å². The zero-order valence-corrected chi connectivity index (χ0v) is 12.9. The first-order chi connectivity index (χ1) is 8.45. The number of halogens is 1. The monoisotopic (exact) mass is 310 g/mol. The van der Waals surface area contributed by atoms with Gasteiger partial charge in [-0.2, -0.15) is 5.26 Å². The topological polar surface area (TPSA) is 59.0 Å². The first-order valence-electron chi connectivity index (χ1n) is 5.91. The van der Waals surface area contributed by atoms with Crippen molar-refractivity contribution in [1.82, 2.24) is 0 Å². The van der Waals surface area contributed by atoms with Gasteiger partial charge in [-0.05, 0) is 43.9 Å². The highest BCUT2D eigenvalue weighted by Gasteiger charge is 2.21. The minimum Gasteiger partial charge on any atom is -0.496 e. The quantitative estimate of drug-likeness (QED) is 0.922. The molecule has 98 valence electrons. The third kappa shape index (κ3) is 2.68. The standard InChI is InChI=1S/C14H19BrN2O/c1-8-9(2)14(18-4)12(10(3)13(8)15)11(17)6-5-7-16/h11H,5-6,17H2,1-4H3. The summed E-state index contributed by atoms with van der Waals surface area (Å²) in [5.41, 5.74) is 10.6. The summed E-state index contributed by atoms with van der Waals surface area (Å²) < 4.78 is 6.58. The maximum Gasteiger partial charge on any atom is 0.127 e. The number of nitrogens with zero attached hydrogens (tertiary/aromatic N) is 1. The number of ether oxygens (including phenoxy) is 1. The number of rotatable bonds is 4. The molecule has 0 radical (unpaired) electrons. The van der Waals surface area contributed by atoms with Crippen LogP contribution in [0.25, 0.3) is 0 Å². The maximum atomic E-state index is 8.67. The Labute approximate surface area is 117 Å². The Morgan fingerprint density at radius 1 is 1.28 bits per heavy atom. The van der Waals surface area contributed by atoms with Crippen molar-refractivity contribution in [1.29, 1.82) is 5.26 Å². The van der Waals surface area contributed by atoms with Gasteiger partial charge in [0.05, 0.1) is 13.2 Å². The Morgan fingerprint density at radius 2 is 1.89 bits per heavy atom. The summed E-state index contributed by atoms with van der Waals surface area (Å²) in [6.45, 7) is 6.11. The lowest BCUT2D eigenvalue weighted by Crippen LogP contribution is -2.14. The number of nitriles is 1. The minimum absolute atomic E-state index is 0.171. The number of hydrogen-bond acceptors (Lipinski definition) is 3. The second-order valence-corrected chi connectivity index (χ2v) is 5.23. The lowest BCUT2D eigenvalue weighted by atomic mass is 9.92. The largest absolute Gasteiger partial charge is 0.496 e. The summed E-state index contributed by atoms with van der Waals surface area (Å²) in [6.07, 6.45) is 1.09. The van der Waals surface area contributed by atoms with Gasteiger partial charge in [-0.25, -0.2) is 0 Å². The highest BCUT2D eigenvalue weighted by molar-refractivity contribution is 9.10. The summed E-state index contributed by atoms with van der Waals surface area (Å²) in [4.78, 5) is 0. The molecule has 0 saturated carbocycles. The highest BCUT2D eigenvalue weighted by atomic mass is 79.9. The van der Waals surface area contributed by atoms with E-state index in [9.17, 15) is 0 Å². The van der Waals surface area contributed by atoms with Gasteiger partial charge in [-0.15, -0.1) is 0 Å². The van der Waals surface area contributed by atoms with Gasteiger partial charge in [-0.3, -0.25) is 0 Å². The lowest BCUT2D eigenvalue weighted by molar-refractivity contribution is 0.400. The van der Waals surface area contributed by atoms with Crippen LogP contribution >= 0.6 is 15.9 Å². The average molecular weight is 311 g/mol. The van der Waals surface area contributed by atoms with E-state index in [0.717, 1.165) is 26.9 Å². The Hall–Kier alpha value is -1.05. The molecule has 1 unspecified atom stereocenters. The summed E-state index contributed by atoms with van der Waals surface area (Å²) in [5.74, 6) is 0.846. The van der Waals surface area contributed by atoms with Crippen molar-refractivity contribution in [3.63, 3.8) is 0 Å². The molecule has 4 heteroatoms. The van der Waals surface area contributed by atoms with Crippen LogP contribution in [0, 0.1) is 32.1 Å². The summed E-state index contributed by atoms with van der Waals surface area (Å²) in [6, 6.07) is 1.96. The first-order valence-corrected chi connectivity index (χ1v) is 6.70. The summed E-state index contributed by atoms with van der Waals surface area (Å²) in [7, 11) is 1.66. The molecule has 2 N–H and O–H groups in total. The summed E-state index contributed by atoms with van der Waals surface area (Å²) in [5, 5.41) is 8.67. The molecule has 0 aromatic heterocycles. The van der Waals surface area contributed by atoms with E-state index in [1.54, 1.807) is 7.11 Å². The van der Waals surface area contributed by atoms with Gasteiger partial charge in [0.25, 0.3) is 0 Å². The zero-order chi connectivity index (χ0) is 13.9. The van der Waals surface area contributed by atoms with E-state index in [2.05, 4.69) is 28.9 Å². The van der Waals surface area contributed by atoms with Crippen LogP contribution in [0.3, 0.4) is 0 Å². The van der Waals surface area contributed by atoms with Crippen molar-refractivity contribution < 1.29 is 4.74 Å². The van der Waals surface area contributed by atoms with Crippen LogP contribution in [0.2, 0.25) is 0 Å². The molecule has 0 amide bonds. The fourth-order valence-electron chi connectivity index (χ4n) is 2.18. The third-order valence-electron chi connectivity index (χ3n) is 3.35. The molecule has 0 saturated heterocycles. The fraction of sp³-hybridized carbons (Fsp3) is 0.500. The molecule has 1 aromatic rings. The number of benzene rings is 1. The Kier molecular flexibility index (Phi) is 5.18. The van der Waals surface area contributed by atoms with Crippen LogP contribution < -0.4 is 10.5 Å². The summed E-state index contributed by atoms with van der Waals surface area (Å²) >= 11 is 3.60. The third-order valence-corrected chi connectivity index (χ3v) is 4.54. The minimum atomic E-state index is -0.171. The molecule has 3 nitrogen and oxygen atoms in total. The Bertz CT molecular complexity index is 492. The van der Waals surface area contributed by atoms with Crippen LogP contribution in [0.4, 0.5) is 0 Å². The molecule has 1 atom stereocenters. The molecule has 1 rings (SSSR count). The van der Waals surface area contributed by atoms with Crippen molar-refractivity contribution in [2.24, 2.45) is 5.73 Å². The van der Waals surface area contributed by atoms with E-state index in [-0.39, 0.29) is 6.04 Å². The van der Waals surface area contributed by atoms with Crippen molar-refractivity contribution in [2.75, 3.05) is 7.11 Å². The first kappa shape index (κ1) is 15.0. The smallest absolute Gasteiger partial charge is 0.127 e. The van der Waals surface area contributed by atoms with Crippen LogP contribution in [0.15, 0.2) is 4.47 Å². The SMILES string of the molecule is COc1c(C)c(C)c(Br)c(C)c1C(N)CCC#N. The van der Waals surface area contributed by atoms with Crippen molar-refractivity contribution in [3.05, 3.63) is 26.7 Å². The van der Waals surface area contributed by atoms with Gasteiger partial charge in [0, 0.05) is 22.5 Å². The maximum absolute atomic E-state index is 8.67. The van der Waals surface area contributed by atoms with Crippen LogP contribution in [-0.2, 0) is 0 Å².